The molecular weight excluding hydrogens is 288 g/mol. The van der Waals surface area contributed by atoms with Crippen LogP contribution in [0.5, 0.6) is 0 Å². The molecular formula is C19H22N2O2. The van der Waals surface area contributed by atoms with Crippen molar-refractivity contribution in [3.05, 3.63) is 60.2 Å². The fraction of sp³-hybridized carbons (Fsp3) is 0.316. The first kappa shape index (κ1) is 15.7. The van der Waals surface area contributed by atoms with Gasteiger partial charge in [0.2, 0.25) is 0 Å². The molecule has 1 fully saturated rings. The second kappa shape index (κ2) is 7.40. The molecule has 23 heavy (non-hydrogen) atoms. The molecule has 1 N–H and O–H groups in total. The summed E-state index contributed by atoms with van der Waals surface area (Å²) in [5.74, 6) is 0.0278. The number of morpholine rings is 1. The average Bonchev–Trinajstić information content (AvgIpc) is 2.63. The summed E-state index contributed by atoms with van der Waals surface area (Å²) in [6.45, 7) is 2.56. The van der Waals surface area contributed by atoms with Crippen molar-refractivity contribution >= 4 is 5.91 Å². The largest absolute Gasteiger partial charge is 0.366 e. The van der Waals surface area contributed by atoms with Gasteiger partial charge in [-0.15, -0.1) is 0 Å². The molecule has 4 nitrogen and oxygen atoms in total. The minimum atomic E-state index is -0.377. The van der Waals surface area contributed by atoms with Crippen molar-refractivity contribution in [3.8, 4) is 11.1 Å². The first-order valence-electron chi connectivity index (χ1n) is 7.96. The summed E-state index contributed by atoms with van der Waals surface area (Å²) in [5, 5.41) is 3.20. The van der Waals surface area contributed by atoms with Crippen molar-refractivity contribution in [1.82, 2.24) is 10.2 Å². The SMILES string of the molecule is CN(Cc1ccccc1-c1ccccc1)C(=O)C1CNCCO1. The van der Waals surface area contributed by atoms with Crippen LogP contribution in [0.1, 0.15) is 5.56 Å². The standard InChI is InChI=1S/C19H22N2O2/c1-21(19(22)18-13-20-11-12-23-18)14-16-9-5-6-10-17(16)15-7-3-2-4-8-15/h2-10,18,20H,11-14H2,1H3. The molecule has 4 heteroatoms. The van der Waals surface area contributed by atoms with Gasteiger partial charge >= 0.3 is 0 Å². The van der Waals surface area contributed by atoms with E-state index in [1.165, 1.54) is 5.56 Å². The highest BCUT2D eigenvalue weighted by atomic mass is 16.5. The molecule has 1 heterocycles. The van der Waals surface area contributed by atoms with Gasteiger partial charge in [-0.05, 0) is 16.7 Å². The van der Waals surface area contributed by atoms with Gasteiger partial charge in [0.25, 0.3) is 5.91 Å². The van der Waals surface area contributed by atoms with Gasteiger partial charge in [0.15, 0.2) is 0 Å². The molecule has 3 rings (SSSR count). The Morgan fingerprint density at radius 2 is 1.91 bits per heavy atom. The van der Waals surface area contributed by atoms with Gasteiger partial charge in [-0.3, -0.25) is 4.79 Å². The van der Waals surface area contributed by atoms with Crippen LogP contribution in [0, 0.1) is 0 Å². The fourth-order valence-electron chi connectivity index (χ4n) is 2.86. The Morgan fingerprint density at radius 1 is 1.17 bits per heavy atom. The maximum atomic E-state index is 12.5. The van der Waals surface area contributed by atoms with E-state index in [4.69, 9.17) is 4.74 Å². The third-order valence-electron chi connectivity index (χ3n) is 4.09. The van der Waals surface area contributed by atoms with Crippen LogP contribution in [0.3, 0.4) is 0 Å². The smallest absolute Gasteiger partial charge is 0.253 e. The molecule has 1 aliphatic rings. The van der Waals surface area contributed by atoms with E-state index in [-0.39, 0.29) is 12.0 Å². The van der Waals surface area contributed by atoms with Gasteiger partial charge in [-0.1, -0.05) is 54.6 Å². The van der Waals surface area contributed by atoms with Crippen molar-refractivity contribution in [2.24, 2.45) is 0 Å². The van der Waals surface area contributed by atoms with Gasteiger partial charge < -0.3 is 15.0 Å². The van der Waals surface area contributed by atoms with E-state index in [1.54, 1.807) is 4.90 Å². The predicted octanol–water partition coefficient (Wildman–Crippen LogP) is 2.30. The number of rotatable bonds is 4. The van der Waals surface area contributed by atoms with Gasteiger partial charge in [-0.2, -0.15) is 0 Å². The minimum Gasteiger partial charge on any atom is -0.366 e. The van der Waals surface area contributed by atoms with Crippen LogP contribution in [0.4, 0.5) is 0 Å². The topological polar surface area (TPSA) is 41.6 Å². The van der Waals surface area contributed by atoms with E-state index in [0.29, 0.717) is 19.7 Å². The van der Waals surface area contributed by atoms with Gasteiger partial charge in [-0.25, -0.2) is 0 Å². The summed E-state index contributed by atoms with van der Waals surface area (Å²) in [4.78, 5) is 14.3. The minimum absolute atomic E-state index is 0.0278. The summed E-state index contributed by atoms with van der Waals surface area (Å²) >= 11 is 0. The summed E-state index contributed by atoms with van der Waals surface area (Å²) in [6, 6.07) is 18.5. The number of nitrogens with zero attached hydrogens (tertiary/aromatic N) is 1. The zero-order valence-electron chi connectivity index (χ0n) is 13.4. The third kappa shape index (κ3) is 3.78. The molecule has 1 atom stereocenters. The molecule has 1 aliphatic heterocycles. The van der Waals surface area contributed by atoms with E-state index < -0.39 is 0 Å². The number of hydrogen-bond donors (Lipinski definition) is 1. The molecule has 2 aromatic rings. The number of hydrogen-bond acceptors (Lipinski definition) is 3. The Kier molecular flexibility index (Phi) is 5.05. The van der Waals surface area contributed by atoms with Gasteiger partial charge in [0.1, 0.15) is 6.10 Å². The molecule has 0 radical (unpaired) electrons. The van der Waals surface area contributed by atoms with Crippen LogP contribution in [0.25, 0.3) is 11.1 Å². The number of carbonyl (C=O) groups is 1. The summed E-state index contributed by atoms with van der Waals surface area (Å²) in [6.07, 6.45) is -0.377. The van der Waals surface area contributed by atoms with Crippen LogP contribution in [-0.2, 0) is 16.1 Å². The molecule has 1 saturated heterocycles. The predicted molar refractivity (Wildman–Crippen MR) is 91.0 cm³/mol. The number of carbonyl (C=O) groups excluding carboxylic acids is 1. The lowest BCUT2D eigenvalue weighted by Crippen LogP contribution is -2.48. The third-order valence-corrected chi connectivity index (χ3v) is 4.09. The monoisotopic (exact) mass is 310 g/mol. The summed E-state index contributed by atoms with van der Waals surface area (Å²) in [5.41, 5.74) is 3.47. The lowest BCUT2D eigenvalue weighted by atomic mass is 9.99. The van der Waals surface area contributed by atoms with Crippen molar-refractivity contribution < 1.29 is 9.53 Å². The van der Waals surface area contributed by atoms with Gasteiger partial charge in [0, 0.05) is 26.7 Å². The first-order chi connectivity index (χ1) is 11.3. The van der Waals surface area contributed by atoms with E-state index >= 15 is 0 Å². The molecule has 1 unspecified atom stereocenters. The normalized spacial score (nSPS) is 17.7. The Hall–Kier alpha value is -2.17. The van der Waals surface area contributed by atoms with E-state index in [9.17, 15) is 4.79 Å². The highest BCUT2D eigenvalue weighted by molar-refractivity contribution is 5.81. The number of amides is 1. The van der Waals surface area contributed by atoms with E-state index in [0.717, 1.165) is 17.7 Å². The number of nitrogens with one attached hydrogen (secondary N) is 1. The van der Waals surface area contributed by atoms with Crippen LogP contribution in [0.2, 0.25) is 0 Å². The summed E-state index contributed by atoms with van der Waals surface area (Å²) < 4.78 is 5.56. The second-order valence-electron chi connectivity index (χ2n) is 5.78. The first-order valence-corrected chi connectivity index (χ1v) is 7.96. The lowest BCUT2D eigenvalue weighted by Gasteiger charge is -2.27. The number of ether oxygens (including phenoxy) is 1. The molecule has 0 saturated carbocycles. The molecule has 2 aromatic carbocycles. The maximum absolute atomic E-state index is 12.5. The Balaban J connectivity index is 1.76. The molecule has 0 spiro atoms. The maximum Gasteiger partial charge on any atom is 0.253 e. The molecule has 0 aromatic heterocycles. The van der Waals surface area contributed by atoms with Crippen LogP contribution in [-0.4, -0.2) is 43.7 Å². The quantitative estimate of drug-likeness (QED) is 0.942. The van der Waals surface area contributed by atoms with E-state index in [1.807, 2.05) is 37.4 Å². The van der Waals surface area contributed by atoms with E-state index in [2.05, 4.69) is 29.6 Å². The highest BCUT2D eigenvalue weighted by Crippen LogP contribution is 2.24. The zero-order valence-corrected chi connectivity index (χ0v) is 13.4. The highest BCUT2D eigenvalue weighted by Gasteiger charge is 2.25. The van der Waals surface area contributed by atoms with Gasteiger partial charge in [0.05, 0.1) is 6.61 Å². The fourth-order valence-corrected chi connectivity index (χ4v) is 2.86. The Bertz CT molecular complexity index is 651. The summed E-state index contributed by atoms with van der Waals surface area (Å²) in [7, 11) is 1.84. The van der Waals surface area contributed by atoms with Crippen LogP contribution < -0.4 is 5.32 Å². The number of likely N-dealkylation sites (N-methyl/N-ethyl adjacent to an activating group) is 1. The zero-order chi connectivity index (χ0) is 16.1. The van der Waals surface area contributed by atoms with Crippen molar-refractivity contribution in [1.29, 1.82) is 0 Å². The second-order valence-corrected chi connectivity index (χ2v) is 5.78. The van der Waals surface area contributed by atoms with Crippen molar-refractivity contribution in [2.75, 3.05) is 26.7 Å². The molecule has 1 amide bonds. The molecule has 0 aliphatic carbocycles. The number of benzene rings is 2. The van der Waals surface area contributed by atoms with Crippen molar-refractivity contribution in [2.45, 2.75) is 12.6 Å². The molecule has 120 valence electrons. The Morgan fingerprint density at radius 3 is 2.65 bits per heavy atom. The van der Waals surface area contributed by atoms with Crippen LogP contribution in [0.15, 0.2) is 54.6 Å². The van der Waals surface area contributed by atoms with Crippen molar-refractivity contribution in [3.63, 3.8) is 0 Å². The van der Waals surface area contributed by atoms with Crippen LogP contribution >= 0.6 is 0 Å². The Labute approximate surface area is 137 Å². The lowest BCUT2D eigenvalue weighted by molar-refractivity contribution is -0.144. The molecule has 0 bridgehead atoms. The average molecular weight is 310 g/mol.